The number of carbonyl (C=O) groups is 1. The minimum absolute atomic E-state index is 0.0151. The summed E-state index contributed by atoms with van der Waals surface area (Å²) < 4.78 is 88.2. The smallest absolute Gasteiger partial charge is 0.475 e. The Hall–Kier alpha value is -4.37. The quantitative estimate of drug-likeness (QED) is 0.186. The van der Waals surface area contributed by atoms with Crippen molar-refractivity contribution >= 4 is 17.7 Å². The maximum atomic E-state index is 14.8. The fourth-order valence-electron chi connectivity index (χ4n) is 4.15. The van der Waals surface area contributed by atoms with Crippen LogP contribution in [0.25, 0.3) is 11.1 Å². The average molecular weight is 644 g/mol. The van der Waals surface area contributed by atoms with E-state index in [0.29, 0.717) is 5.56 Å². The summed E-state index contributed by atoms with van der Waals surface area (Å²) in [5.41, 5.74) is 1.27. The van der Waals surface area contributed by atoms with Gasteiger partial charge in [-0.2, -0.15) is 26.3 Å². The van der Waals surface area contributed by atoms with E-state index in [2.05, 4.69) is 0 Å². The number of aromatic nitrogens is 2. The van der Waals surface area contributed by atoms with Gasteiger partial charge in [-0.05, 0) is 41.9 Å². The van der Waals surface area contributed by atoms with Crippen molar-refractivity contribution in [3.05, 3.63) is 122 Å². The summed E-state index contributed by atoms with van der Waals surface area (Å²) >= 11 is -0.287. The second-order valence-corrected chi connectivity index (χ2v) is 10.3. The molecule has 234 valence electrons. The van der Waals surface area contributed by atoms with Crippen molar-refractivity contribution in [2.75, 3.05) is 0 Å². The molecular formula is C29H24F7N3O4S. The predicted molar refractivity (Wildman–Crippen MR) is 150 cm³/mol. The first kappa shape index (κ1) is 34.1. The molecule has 0 aliphatic carbocycles. The molecule has 4 aromatic rings. The highest BCUT2D eigenvalue weighted by atomic mass is 32.2. The molecule has 0 saturated carbocycles. The number of alkyl halides is 6. The van der Waals surface area contributed by atoms with Gasteiger partial charge in [-0.3, -0.25) is 13.9 Å². The van der Waals surface area contributed by atoms with Crippen LogP contribution in [0, 0.1) is 12.7 Å². The third kappa shape index (κ3) is 8.60. The predicted octanol–water partition coefficient (Wildman–Crippen LogP) is 6.12. The van der Waals surface area contributed by atoms with Gasteiger partial charge >= 0.3 is 23.3 Å². The third-order valence-corrected chi connectivity index (χ3v) is 7.06. The van der Waals surface area contributed by atoms with Crippen molar-refractivity contribution in [3.63, 3.8) is 0 Å². The second kappa shape index (κ2) is 13.9. The van der Waals surface area contributed by atoms with Gasteiger partial charge in [-0.1, -0.05) is 66.7 Å². The molecule has 1 heterocycles. The van der Waals surface area contributed by atoms with Crippen molar-refractivity contribution in [1.29, 1.82) is 0 Å². The van der Waals surface area contributed by atoms with E-state index in [4.69, 9.17) is 15.6 Å². The van der Waals surface area contributed by atoms with Crippen LogP contribution in [0.4, 0.5) is 30.7 Å². The van der Waals surface area contributed by atoms with E-state index in [1.807, 2.05) is 0 Å². The lowest BCUT2D eigenvalue weighted by Crippen LogP contribution is -2.44. The van der Waals surface area contributed by atoms with Crippen molar-refractivity contribution in [3.8, 4) is 11.1 Å². The van der Waals surface area contributed by atoms with Gasteiger partial charge in [0.25, 0.3) is 5.56 Å². The normalized spacial score (nSPS) is 12.3. The highest BCUT2D eigenvalue weighted by Gasteiger charge is 2.38. The van der Waals surface area contributed by atoms with Gasteiger partial charge < -0.3 is 10.8 Å². The number of hydrogen-bond donors (Lipinski definition) is 2. The SMILES string of the molecule is Cc1c(-c2ccccc2F)c(=O)n(C[C@H](N)c2ccccc2)c(=O)n1Cc1ccccc1SC(F)(F)F.O=C(O)C(F)(F)F. The van der Waals surface area contributed by atoms with Crippen LogP contribution in [-0.4, -0.2) is 31.9 Å². The standard InChI is InChI=1S/C27H23F4N3O2S.C2HF3O2/c1-17-24(20-12-6-7-13-21(20)28)25(35)34(16-22(32)18-9-3-2-4-10-18)26(36)33(17)15-19-11-5-8-14-23(19)37-27(29,30)31;3-2(4,5)1(6)7/h2-14,22H,15-16,32H2,1H3;(H,6,7)/t22-;/m0./s1. The monoisotopic (exact) mass is 643 g/mol. The summed E-state index contributed by atoms with van der Waals surface area (Å²) in [7, 11) is 0. The number of thioether (sulfide) groups is 1. The molecule has 0 amide bonds. The van der Waals surface area contributed by atoms with E-state index >= 15 is 0 Å². The van der Waals surface area contributed by atoms with Crippen LogP contribution in [0.15, 0.2) is 93.3 Å². The van der Waals surface area contributed by atoms with Crippen LogP contribution in [0.5, 0.6) is 0 Å². The van der Waals surface area contributed by atoms with Crippen molar-refractivity contribution in [1.82, 2.24) is 9.13 Å². The highest BCUT2D eigenvalue weighted by Crippen LogP contribution is 2.38. The van der Waals surface area contributed by atoms with Gasteiger partial charge in [0.2, 0.25) is 0 Å². The summed E-state index contributed by atoms with van der Waals surface area (Å²) in [6.07, 6.45) is -5.08. The van der Waals surface area contributed by atoms with Crippen LogP contribution < -0.4 is 17.0 Å². The maximum absolute atomic E-state index is 14.8. The topological polar surface area (TPSA) is 107 Å². The van der Waals surface area contributed by atoms with Crippen LogP contribution in [0.3, 0.4) is 0 Å². The third-order valence-electron chi connectivity index (χ3n) is 6.21. The van der Waals surface area contributed by atoms with Gasteiger partial charge in [0.1, 0.15) is 5.82 Å². The molecule has 0 fully saturated rings. The molecule has 0 radical (unpaired) electrons. The summed E-state index contributed by atoms with van der Waals surface area (Å²) in [5.74, 6) is -3.42. The van der Waals surface area contributed by atoms with Crippen LogP contribution in [0.2, 0.25) is 0 Å². The number of nitrogens with two attached hydrogens (primary N) is 1. The molecule has 7 nitrogen and oxygen atoms in total. The van der Waals surface area contributed by atoms with Gasteiger partial charge in [0, 0.05) is 22.2 Å². The van der Waals surface area contributed by atoms with Gasteiger partial charge in [-0.15, -0.1) is 0 Å². The Labute approximate surface area is 249 Å². The molecule has 0 unspecified atom stereocenters. The van der Waals surface area contributed by atoms with E-state index in [1.54, 1.807) is 42.5 Å². The van der Waals surface area contributed by atoms with Crippen molar-refractivity contribution in [2.24, 2.45) is 5.73 Å². The summed E-state index contributed by atoms with van der Waals surface area (Å²) in [5, 5.41) is 7.12. The number of nitrogens with zero attached hydrogens (tertiary/aromatic N) is 2. The molecule has 0 spiro atoms. The lowest BCUT2D eigenvalue weighted by atomic mass is 10.0. The molecule has 0 saturated heterocycles. The molecule has 0 aliphatic rings. The first-order valence-corrected chi connectivity index (χ1v) is 13.4. The molecule has 0 aliphatic heterocycles. The van der Waals surface area contributed by atoms with Crippen LogP contribution in [-0.2, 0) is 17.9 Å². The molecule has 1 atom stereocenters. The zero-order chi connectivity index (χ0) is 32.8. The van der Waals surface area contributed by atoms with Gasteiger partial charge in [0.05, 0.1) is 18.7 Å². The molecule has 15 heteroatoms. The highest BCUT2D eigenvalue weighted by molar-refractivity contribution is 8.00. The van der Waals surface area contributed by atoms with E-state index in [0.717, 1.165) is 4.57 Å². The van der Waals surface area contributed by atoms with E-state index in [1.165, 1.54) is 47.9 Å². The number of rotatable bonds is 7. The number of carboxylic acid groups (broad SMARTS) is 1. The van der Waals surface area contributed by atoms with E-state index in [9.17, 15) is 40.3 Å². The fraction of sp³-hybridized carbons (Fsp3) is 0.207. The Bertz CT molecular complexity index is 1740. The summed E-state index contributed by atoms with van der Waals surface area (Å²) in [4.78, 5) is 36.0. The van der Waals surface area contributed by atoms with Crippen LogP contribution >= 0.6 is 11.8 Å². The summed E-state index contributed by atoms with van der Waals surface area (Å²) in [6.45, 7) is 1.01. The van der Waals surface area contributed by atoms with Crippen molar-refractivity contribution in [2.45, 2.75) is 42.6 Å². The number of aliphatic carboxylic acids is 1. The Kier molecular flexibility index (Phi) is 10.8. The molecule has 1 aromatic heterocycles. The largest absolute Gasteiger partial charge is 0.490 e. The average Bonchev–Trinajstić information content (AvgIpc) is 2.94. The molecule has 44 heavy (non-hydrogen) atoms. The number of carboxylic acids is 1. The Morgan fingerprint density at radius 3 is 2.00 bits per heavy atom. The van der Waals surface area contributed by atoms with E-state index < -0.39 is 40.8 Å². The molecule has 3 N–H and O–H groups in total. The van der Waals surface area contributed by atoms with Gasteiger partial charge in [-0.25, -0.2) is 14.0 Å². The Balaban J connectivity index is 0.000000676. The maximum Gasteiger partial charge on any atom is 0.490 e. The Morgan fingerprint density at radius 2 is 1.43 bits per heavy atom. The first-order chi connectivity index (χ1) is 20.5. The summed E-state index contributed by atoms with van der Waals surface area (Å²) in [6, 6.07) is 19.6. The van der Waals surface area contributed by atoms with E-state index in [-0.39, 0.29) is 52.1 Å². The second-order valence-electron chi connectivity index (χ2n) is 9.20. The minimum atomic E-state index is -5.08. The zero-order valence-corrected chi connectivity index (χ0v) is 23.5. The Morgan fingerprint density at radius 1 is 0.886 bits per heavy atom. The van der Waals surface area contributed by atoms with Crippen molar-refractivity contribution < 1.29 is 40.6 Å². The number of benzene rings is 3. The van der Waals surface area contributed by atoms with Crippen LogP contribution in [0.1, 0.15) is 22.9 Å². The molecular weight excluding hydrogens is 619 g/mol. The molecule has 0 bridgehead atoms. The number of hydrogen-bond acceptors (Lipinski definition) is 5. The minimum Gasteiger partial charge on any atom is -0.475 e. The first-order valence-electron chi connectivity index (χ1n) is 12.5. The zero-order valence-electron chi connectivity index (χ0n) is 22.7. The number of halogens is 7. The van der Waals surface area contributed by atoms with Gasteiger partial charge in [0.15, 0.2) is 0 Å². The lowest BCUT2D eigenvalue weighted by Gasteiger charge is -2.21. The fourth-order valence-corrected chi connectivity index (χ4v) is 4.81. The lowest BCUT2D eigenvalue weighted by molar-refractivity contribution is -0.192. The molecule has 3 aromatic carbocycles. The molecule has 4 rings (SSSR count).